The average molecular weight is 238 g/mol. The Kier molecular flexibility index (Phi) is 4.51. The van der Waals surface area contributed by atoms with Crippen molar-refractivity contribution in [3.63, 3.8) is 0 Å². The van der Waals surface area contributed by atoms with Crippen molar-refractivity contribution in [3.8, 4) is 11.5 Å². The second-order valence-electron chi connectivity index (χ2n) is 3.55. The lowest BCUT2D eigenvalue weighted by Crippen LogP contribution is -2.07. The van der Waals surface area contributed by atoms with Crippen LogP contribution in [0.4, 0.5) is 0 Å². The number of hydrogen-bond donors (Lipinski definition) is 1. The highest BCUT2D eigenvalue weighted by molar-refractivity contribution is 5.77. The van der Waals surface area contributed by atoms with Crippen molar-refractivity contribution in [1.29, 1.82) is 0 Å². The molecule has 0 radical (unpaired) electrons. The third kappa shape index (κ3) is 4.14. The molecule has 1 N–H and O–H groups in total. The van der Waals surface area contributed by atoms with Gasteiger partial charge in [-0.25, -0.2) is 0 Å². The number of ether oxygens (including phenoxy) is 2. The van der Waals surface area contributed by atoms with E-state index in [4.69, 9.17) is 4.74 Å². The van der Waals surface area contributed by atoms with Gasteiger partial charge in [-0.15, -0.1) is 0 Å². The molecule has 17 heavy (non-hydrogen) atoms. The van der Waals surface area contributed by atoms with Crippen LogP contribution in [0.2, 0.25) is 0 Å². The molecule has 0 saturated carbocycles. The lowest BCUT2D eigenvalue weighted by Gasteiger charge is -2.07. The maximum absolute atomic E-state index is 11.0. The van der Waals surface area contributed by atoms with E-state index in [1.54, 1.807) is 6.07 Å². The Balaban J connectivity index is 2.72. The fourth-order valence-electron chi connectivity index (χ4n) is 1.21. The number of phenolic OH excluding ortho intramolecular Hbond substituents is 1. The molecule has 0 amide bonds. The van der Waals surface area contributed by atoms with E-state index in [-0.39, 0.29) is 36.3 Å². The van der Waals surface area contributed by atoms with E-state index in [1.165, 1.54) is 26.2 Å². The number of phenols is 1. The number of carbonyl (C=O) groups excluding carboxylic acids is 2. The summed E-state index contributed by atoms with van der Waals surface area (Å²) in [6.45, 7) is 1.30. The van der Waals surface area contributed by atoms with Crippen LogP contribution in [-0.4, -0.2) is 30.6 Å². The van der Waals surface area contributed by atoms with Crippen LogP contribution in [0.25, 0.3) is 0 Å². The molecule has 0 aliphatic carbocycles. The van der Waals surface area contributed by atoms with Crippen LogP contribution < -0.4 is 4.74 Å². The zero-order valence-corrected chi connectivity index (χ0v) is 9.73. The topological polar surface area (TPSA) is 72.8 Å². The molecular weight excluding hydrogens is 224 g/mol. The highest BCUT2D eigenvalue weighted by atomic mass is 16.5. The van der Waals surface area contributed by atoms with E-state index in [2.05, 4.69) is 4.74 Å². The Labute approximate surface area is 99.0 Å². The number of carbonyl (C=O) groups is 2. The fourth-order valence-corrected chi connectivity index (χ4v) is 1.21. The molecule has 5 nitrogen and oxygen atoms in total. The first-order valence-electron chi connectivity index (χ1n) is 5.04. The molecule has 1 aromatic rings. The van der Waals surface area contributed by atoms with Crippen LogP contribution in [0.5, 0.6) is 11.5 Å². The molecule has 0 aliphatic heterocycles. The number of hydrogen-bond acceptors (Lipinski definition) is 5. The molecule has 0 aliphatic rings. The minimum absolute atomic E-state index is 0.0804. The minimum Gasteiger partial charge on any atom is -0.504 e. The Bertz CT molecular complexity index is 425. The normalized spacial score (nSPS) is 9.76. The first-order valence-corrected chi connectivity index (χ1v) is 5.04. The van der Waals surface area contributed by atoms with Crippen molar-refractivity contribution in [3.05, 3.63) is 23.8 Å². The van der Waals surface area contributed by atoms with Crippen LogP contribution in [0, 0.1) is 0 Å². The first kappa shape index (κ1) is 13.0. The largest absolute Gasteiger partial charge is 0.504 e. The molecule has 0 fully saturated rings. The zero-order chi connectivity index (χ0) is 12.8. The summed E-state index contributed by atoms with van der Waals surface area (Å²) in [7, 11) is 1.30. The van der Waals surface area contributed by atoms with E-state index in [9.17, 15) is 14.7 Å². The van der Waals surface area contributed by atoms with Crippen LogP contribution in [-0.2, 0) is 20.7 Å². The summed E-state index contributed by atoms with van der Waals surface area (Å²) in [5.41, 5.74) is 0.615. The Morgan fingerprint density at radius 2 is 2.06 bits per heavy atom. The van der Waals surface area contributed by atoms with Crippen molar-refractivity contribution < 1.29 is 24.2 Å². The number of aromatic hydroxyl groups is 1. The molecule has 0 unspecified atom stereocenters. The van der Waals surface area contributed by atoms with Gasteiger partial charge in [-0.05, 0) is 24.6 Å². The van der Waals surface area contributed by atoms with Gasteiger partial charge in [0.2, 0.25) is 0 Å². The Morgan fingerprint density at radius 1 is 1.35 bits per heavy atom. The van der Waals surface area contributed by atoms with Crippen molar-refractivity contribution in [2.75, 3.05) is 13.7 Å². The van der Waals surface area contributed by atoms with Gasteiger partial charge in [-0.1, -0.05) is 6.07 Å². The lowest BCUT2D eigenvalue weighted by atomic mass is 10.1. The third-order valence-corrected chi connectivity index (χ3v) is 2.03. The molecule has 0 atom stereocenters. The van der Waals surface area contributed by atoms with E-state index in [0.29, 0.717) is 5.56 Å². The number of rotatable bonds is 5. The van der Waals surface area contributed by atoms with Gasteiger partial charge < -0.3 is 14.6 Å². The molecule has 0 aromatic heterocycles. The van der Waals surface area contributed by atoms with Crippen molar-refractivity contribution in [2.45, 2.75) is 13.3 Å². The summed E-state index contributed by atoms with van der Waals surface area (Å²) in [5.74, 6) is -0.411. The van der Waals surface area contributed by atoms with Gasteiger partial charge in [-0.2, -0.15) is 0 Å². The number of esters is 1. The fraction of sp³-hybridized carbons (Fsp3) is 0.333. The molecule has 0 heterocycles. The Hall–Kier alpha value is -2.04. The van der Waals surface area contributed by atoms with Gasteiger partial charge in [0.1, 0.15) is 6.61 Å². The number of benzene rings is 1. The molecular formula is C12H14O5. The first-order chi connectivity index (χ1) is 8.02. The van der Waals surface area contributed by atoms with E-state index < -0.39 is 0 Å². The van der Waals surface area contributed by atoms with Crippen LogP contribution in [0.1, 0.15) is 12.5 Å². The summed E-state index contributed by atoms with van der Waals surface area (Å²) in [4.78, 5) is 21.7. The molecule has 92 valence electrons. The molecule has 5 heteroatoms. The van der Waals surface area contributed by atoms with Crippen molar-refractivity contribution in [2.24, 2.45) is 0 Å². The quantitative estimate of drug-likeness (QED) is 0.777. The van der Waals surface area contributed by atoms with Crippen LogP contribution in [0.3, 0.4) is 0 Å². The predicted octanol–water partition coefficient (Wildman–Crippen LogP) is 1.08. The van der Waals surface area contributed by atoms with Crippen LogP contribution in [0.15, 0.2) is 18.2 Å². The summed E-state index contributed by atoms with van der Waals surface area (Å²) >= 11 is 0. The number of Topliss-reactive ketones (excluding diaryl/α,β-unsaturated/α-hetero) is 1. The highest BCUT2D eigenvalue weighted by Crippen LogP contribution is 2.27. The molecule has 1 rings (SSSR count). The van der Waals surface area contributed by atoms with Gasteiger partial charge in [0, 0.05) is 0 Å². The summed E-state index contributed by atoms with van der Waals surface area (Å²) in [6, 6.07) is 4.55. The van der Waals surface area contributed by atoms with Gasteiger partial charge in [0.15, 0.2) is 17.3 Å². The molecule has 1 aromatic carbocycles. The standard InChI is InChI=1S/C12H14O5/c1-8(13)7-17-11-4-3-9(5-10(11)14)6-12(15)16-2/h3-5,14H,6-7H2,1-2H3. The van der Waals surface area contributed by atoms with Crippen molar-refractivity contribution >= 4 is 11.8 Å². The third-order valence-electron chi connectivity index (χ3n) is 2.03. The monoisotopic (exact) mass is 238 g/mol. The van der Waals surface area contributed by atoms with Gasteiger partial charge in [-0.3, -0.25) is 9.59 Å². The SMILES string of the molecule is COC(=O)Cc1ccc(OCC(C)=O)c(O)c1. The second-order valence-corrected chi connectivity index (χ2v) is 3.55. The summed E-state index contributed by atoms with van der Waals surface area (Å²) in [6.07, 6.45) is 0.0804. The van der Waals surface area contributed by atoms with Crippen LogP contribution >= 0.6 is 0 Å². The smallest absolute Gasteiger partial charge is 0.309 e. The van der Waals surface area contributed by atoms with E-state index in [1.807, 2.05) is 0 Å². The zero-order valence-electron chi connectivity index (χ0n) is 9.73. The Morgan fingerprint density at radius 3 is 2.59 bits per heavy atom. The lowest BCUT2D eigenvalue weighted by molar-refractivity contribution is -0.139. The van der Waals surface area contributed by atoms with E-state index >= 15 is 0 Å². The molecule has 0 saturated heterocycles. The minimum atomic E-state index is -0.387. The van der Waals surface area contributed by atoms with Gasteiger partial charge in [0.05, 0.1) is 13.5 Å². The highest BCUT2D eigenvalue weighted by Gasteiger charge is 2.08. The second kappa shape index (κ2) is 5.89. The molecule has 0 bridgehead atoms. The van der Waals surface area contributed by atoms with Gasteiger partial charge >= 0.3 is 5.97 Å². The maximum atomic E-state index is 11.0. The average Bonchev–Trinajstić information content (AvgIpc) is 2.27. The van der Waals surface area contributed by atoms with Gasteiger partial charge in [0.25, 0.3) is 0 Å². The summed E-state index contributed by atoms with van der Waals surface area (Å²) < 4.78 is 9.58. The number of ketones is 1. The number of methoxy groups -OCH3 is 1. The summed E-state index contributed by atoms with van der Waals surface area (Å²) in [5, 5.41) is 9.60. The molecule has 0 spiro atoms. The van der Waals surface area contributed by atoms with Crippen molar-refractivity contribution in [1.82, 2.24) is 0 Å². The predicted molar refractivity (Wildman–Crippen MR) is 60.0 cm³/mol. The maximum Gasteiger partial charge on any atom is 0.309 e. The van der Waals surface area contributed by atoms with E-state index in [0.717, 1.165) is 0 Å².